The maximum atomic E-state index is 12.1. The van der Waals surface area contributed by atoms with E-state index < -0.39 is 0 Å². The molecule has 0 atom stereocenters. The predicted octanol–water partition coefficient (Wildman–Crippen LogP) is 4.55. The first-order valence-electron chi connectivity index (χ1n) is 7.50. The molecule has 6 heteroatoms. The van der Waals surface area contributed by atoms with Crippen molar-refractivity contribution >= 4 is 34.9 Å². The van der Waals surface area contributed by atoms with E-state index in [4.69, 9.17) is 0 Å². The molecule has 0 radical (unpaired) electrons. The average Bonchev–Trinajstić information content (AvgIpc) is 3.02. The van der Waals surface area contributed by atoms with Gasteiger partial charge in [-0.2, -0.15) is 4.37 Å². The number of hydrogen-bond donors (Lipinski definition) is 1. The molecule has 2 aromatic carbocycles. The molecule has 1 heterocycles. The van der Waals surface area contributed by atoms with Crippen LogP contribution in [0.5, 0.6) is 0 Å². The number of thioether (sulfide) groups is 1. The highest BCUT2D eigenvalue weighted by molar-refractivity contribution is 8.01. The molecule has 0 fully saturated rings. The van der Waals surface area contributed by atoms with Gasteiger partial charge in [0.15, 0.2) is 10.2 Å². The fourth-order valence-corrected chi connectivity index (χ4v) is 3.76. The lowest BCUT2D eigenvalue weighted by atomic mass is 10.1. The van der Waals surface area contributed by atoms with Gasteiger partial charge >= 0.3 is 0 Å². The van der Waals surface area contributed by atoms with E-state index in [1.54, 1.807) is 0 Å². The quantitative estimate of drug-likeness (QED) is 0.682. The Bertz CT molecular complexity index is 826. The van der Waals surface area contributed by atoms with Crippen LogP contribution in [0.2, 0.25) is 0 Å². The highest BCUT2D eigenvalue weighted by Crippen LogP contribution is 2.25. The van der Waals surface area contributed by atoms with Crippen LogP contribution in [0.4, 0.5) is 5.69 Å². The number of carbonyl (C=O) groups excluding carboxylic acids is 1. The second-order valence-corrected chi connectivity index (χ2v) is 7.44. The van der Waals surface area contributed by atoms with Gasteiger partial charge in [-0.25, -0.2) is 4.98 Å². The highest BCUT2D eigenvalue weighted by atomic mass is 32.2. The minimum Gasteiger partial charge on any atom is -0.325 e. The Morgan fingerprint density at radius 1 is 1.12 bits per heavy atom. The van der Waals surface area contributed by atoms with E-state index in [1.807, 2.05) is 56.3 Å². The Labute approximate surface area is 149 Å². The van der Waals surface area contributed by atoms with Gasteiger partial charge in [0.25, 0.3) is 0 Å². The first-order chi connectivity index (χ1) is 11.6. The Balaban J connectivity index is 1.58. The lowest BCUT2D eigenvalue weighted by Gasteiger charge is -2.06. The average molecular weight is 355 g/mol. The number of nitrogens with zero attached hydrogens (tertiary/aromatic N) is 2. The number of benzene rings is 2. The normalized spacial score (nSPS) is 10.6. The maximum absolute atomic E-state index is 12.1. The Hall–Kier alpha value is -2.18. The summed E-state index contributed by atoms with van der Waals surface area (Å²) in [6, 6.07) is 15.8. The third-order valence-corrected chi connectivity index (χ3v) is 5.11. The minimum atomic E-state index is -0.0403. The van der Waals surface area contributed by atoms with Gasteiger partial charge in [-0.1, -0.05) is 48.2 Å². The zero-order chi connectivity index (χ0) is 16.9. The molecule has 0 bridgehead atoms. The molecule has 4 nitrogen and oxygen atoms in total. The summed E-state index contributed by atoms with van der Waals surface area (Å²) < 4.78 is 5.15. The van der Waals surface area contributed by atoms with E-state index in [-0.39, 0.29) is 5.91 Å². The monoisotopic (exact) mass is 355 g/mol. The van der Waals surface area contributed by atoms with E-state index in [0.29, 0.717) is 11.6 Å². The van der Waals surface area contributed by atoms with Crippen molar-refractivity contribution < 1.29 is 4.79 Å². The summed E-state index contributed by atoms with van der Waals surface area (Å²) in [4.78, 5) is 16.6. The summed E-state index contributed by atoms with van der Waals surface area (Å²) in [5.41, 5.74) is 4.09. The summed E-state index contributed by atoms with van der Waals surface area (Å²) in [5.74, 6) is 0.982. The molecule has 0 unspecified atom stereocenters. The number of anilines is 1. The highest BCUT2D eigenvalue weighted by Gasteiger charge is 2.10. The van der Waals surface area contributed by atoms with E-state index in [1.165, 1.54) is 23.3 Å². The number of nitrogens with one attached hydrogen (secondary N) is 1. The second kappa shape index (κ2) is 7.59. The lowest BCUT2D eigenvalue weighted by molar-refractivity contribution is -0.113. The van der Waals surface area contributed by atoms with Gasteiger partial charge < -0.3 is 5.32 Å². The van der Waals surface area contributed by atoms with Crippen LogP contribution >= 0.6 is 23.3 Å². The molecule has 0 aliphatic heterocycles. The molecule has 0 aliphatic carbocycles. The maximum Gasteiger partial charge on any atom is 0.234 e. The topological polar surface area (TPSA) is 54.9 Å². The van der Waals surface area contributed by atoms with Gasteiger partial charge in [0, 0.05) is 11.3 Å². The van der Waals surface area contributed by atoms with Crippen molar-refractivity contribution in [2.45, 2.75) is 18.2 Å². The van der Waals surface area contributed by atoms with Crippen molar-refractivity contribution in [1.82, 2.24) is 9.36 Å². The van der Waals surface area contributed by atoms with E-state index >= 15 is 0 Å². The van der Waals surface area contributed by atoms with Gasteiger partial charge in [0.1, 0.15) is 0 Å². The third-order valence-electron chi connectivity index (χ3n) is 3.27. The van der Waals surface area contributed by atoms with Crippen LogP contribution in [0.3, 0.4) is 0 Å². The van der Waals surface area contributed by atoms with Crippen LogP contribution in [0.15, 0.2) is 52.9 Å². The fourth-order valence-electron chi connectivity index (χ4n) is 2.34. The van der Waals surface area contributed by atoms with E-state index in [2.05, 4.69) is 20.7 Å². The molecule has 1 N–H and O–H groups in total. The van der Waals surface area contributed by atoms with E-state index in [9.17, 15) is 4.79 Å². The number of amides is 1. The zero-order valence-electron chi connectivity index (χ0n) is 13.4. The first-order valence-corrected chi connectivity index (χ1v) is 9.26. The van der Waals surface area contributed by atoms with E-state index in [0.717, 1.165) is 26.7 Å². The van der Waals surface area contributed by atoms with Crippen LogP contribution in [-0.2, 0) is 4.79 Å². The molecular formula is C18H17N3OS2. The Morgan fingerprint density at radius 2 is 1.83 bits per heavy atom. The molecule has 3 aromatic rings. The van der Waals surface area contributed by atoms with Crippen LogP contribution in [0.25, 0.3) is 11.4 Å². The van der Waals surface area contributed by atoms with Crippen molar-refractivity contribution in [1.29, 1.82) is 0 Å². The van der Waals surface area contributed by atoms with Crippen LogP contribution in [0, 0.1) is 13.8 Å². The number of aryl methyl sites for hydroxylation is 2. The molecule has 122 valence electrons. The number of hydrogen-bond acceptors (Lipinski definition) is 5. The van der Waals surface area contributed by atoms with Gasteiger partial charge in [0.2, 0.25) is 5.91 Å². The van der Waals surface area contributed by atoms with Gasteiger partial charge in [-0.15, -0.1) is 0 Å². The van der Waals surface area contributed by atoms with Crippen molar-refractivity contribution in [3.63, 3.8) is 0 Å². The molecule has 0 spiro atoms. The standard InChI is InChI=1S/C18H17N3OS2/c1-12-8-13(2)10-15(9-12)19-16(22)11-23-18-20-17(21-24-18)14-6-4-3-5-7-14/h3-10H,11H2,1-2H3,(H,19,22). The van der Waals surface area contributed by atoms with Crippen molar-refractivity contribution in [3.05, 3.63) is 59.7 Å². The van der Waals surface area contributed by atoms with Crippen molar-refractivity contribution in [2.24, 2.45) is 0 Å². The molecule has 0 saturated carbocycles. The number of rotatable bonds is 5. The first kappa shape index (κ1) is 16.7. The van der Waals surface area contributed by atoms with Crippen LogP contribution in [0.1, 0.15) is 11.1 Å². The Kier molecular flexibility index (Phi) is 5.27. The smallest absolute Gasteiger partial charge is 0.234 e. The molecule has 1 amide bonds. The summed E-state index contributed by atoms with van der Waals surface area (Å²) >= 11 is 2.72. The summed E-state index contributed by atoms with van der Waals surface area (Å²) in [7, 11) is 0. The second-order valence-electron chi connectivity index (χ2n) is 5.46. The molecule has 1 aromatic heterocycles. The van der Waals surface area contributed by atoms with Crippen LogP contribution < -0.4 is 5.32 Å². The largest absolute Gasteiger partial charge is 0.325 e. The predicted molar refractivity (Wildman–Crippen MR) is 101 cm³/mol. The fraction of sp³-hybridized carbons (Fsp3) is 0.167. The number of aromatic nitrogens is 2. The lowest BCUT2D eigenvalue weighted by Crippen LogP contribution is -2.14. The number of carbonyl (C=O) groups is 1. The summed E-state index contributed by atoms with van der Waals surface area (Å²) in [5, 5.41) is 2.93. The zero-order valence-corrected chi connectivity index (χ0v) is 15.1. The van der Waals surface area contributed by atoms with Crippen molar-refractivity contribution in [2.75, 3.05) is 11.1 Å². The van der Waals surface area contributed by atoms with Gasteiger partial charge in [-0.05, 0) is 48.6 Å². The molecule has 24 heavy (non-hydrogen) atoms. The van der Waals surface area contributed by atoms with Gasteiger partial charge in [-0.3, -0.25) is 4.79 Å². The minimum absolute atomic E-state index is 0.0403. The summed E-state index contributed by atoms with van der Waals surface area (Å²) in [6.45, 7) is 4.04. The Morgan fingerprint density at radius 3 is 2.54 bits per heavy atom. The molecule has 3 rings (SSSR count). The molecule has 0 aliphatic rings. The van der Waals surface area contributed by atoms with Crippen molar-refractivity contribution in [3.8, 4) is 11.4 Å². The molecule has 0 saturated heterocycles. The van der Waals surface area contributed by atoms with Crippen LogP contribution in [-0.4, -0.2) is 21.0 Å². The third kappa shape index (κ3) is 4.43. The molecular weight excluding hydrogens is 338 g/mol. The van der Waals surface area contributed by atoms with Gasteiger partial charge in [0.05, 0.1) is 5.75 Å². The SMILES string of the molecule is Cc1cc(C)cc(NC(=O)CSc2nc(-c3ccccc3)ns2)c1. The summed E-state index contributed by atoms with van der Waals surface area (Å²) in [6.07, 6.45) is 0.